The molecule has 0 bridgehead atoms. The van der Waals surface area contributed by atoms with Crippen LogP contribution in [0.5, 0.6) is 0 Å². The average molecular weight is 427 g/mol. The van der Waals surface area contributed by atoms with Crippen LogP contribution in [-0.4, -0.2) is 24.0 Å². The Morgan fingerprint density at radius 2 is 1.97 bits per heavy atom. The van der Waals surface area contributed by atoms with Gasteiger partial charge in [-0.15, -0.1) is 0 Å². The highest BCUT2D eigenvalue weighted by molar-refractivity contribution is 6.28. The Labute approximate surface area is 184 Å². The quantitative estimate of drug-likeness (QED) is 0.374. The summed E-state index contributed by atoms with van der Waals surface area (Å²) in [5.74, 6) is 0.759. The Morgan fingerprint density at radius 3 is 2.78 bits per heavy atom. The van der Waals surface area contributed by atoms with E-state index in [0.717, 1.165) is 36.1 Å². The number of nitrogens with zero attached hydrogens (tertiary/aromatic N) is 2. The van der Waals surface area contributed by atoms with E-state index >= 15 is 0 Å². The Kier molecular flexibility index (Phi) is 4.28. The molecule has 5 nitrogen and oxygen atoms in total. The van der Waals surface area contributed by atoms with Crippen LogP contribution in [0.3, 0.4) is 0 Å². The molecular weight excluding hydrogens is 405 g/mol. The van der Waals surface area contributed by atoms with Gasteiger partial charge in [0.15, 0.2) is 11.5 Å². The monoisotopic (exact) mass is 427 g/mol. The Hall–Kier alpha value is -3.67. The van der Waals surface area contributed by atoms with Crippen molar-refractivity contribution in [3.05, 3.63) is 71.5 Å². The lowest BCUT2D eigenvalue weighted by atomic mass is 9.86. The van der Waals surface area contributed by atoms with Gasteiger partial charge >= 0.3 is 0 Å². The van der Waals surface area contributed by atoms with E-state index in [2.05, 4.69) is 22.3 Å². The molecule has 1 N–H and O–H groups in total. The number of carbonyl (C=O) groups is 1. The fourth-order valence-corrected chi connectivity index (χ4v) is 5.01. The van der Waals surface area contributed by atoms with E-state index in [1.165, 1.54) is 18.6 Å². The lowest BCUT2D eigenvalue weighted by molar-refractivity contribution is 0.104. The van der Waals surface area contributed by atoms with Crippen molar-refractivity contribution in [1.82, 2.24) is 5.16 Å². The van der Waals surface area contributed by atoms with Crippen LogP contribution in [0.4, 0.5) is 21.5 Å². The predicted molar refractivity (Wildman–Crippen MR) is 123 cm³/mol. The van der Waals surface area contributed by atoms with Gasteiger partial charge in [-0.25, -0.2) is 4.39 Å². The van der Waals surface area contributed by atoms with Gasteiger partial charge < -0.3 is 14.7 Å². The van der Waals surface area contributed by atoms with Crippen molar-refractivity contribution in [2.45, 2.75) is 19.8 Å². The number of ketones is 1. The number of aromatic nitrogens is 1. The lowest BCUT2D eigenvalue weighted by Crippen LogP contribution is -2.34. The summed E-state index contributed by atoms with van der Waals surface area (Å²) in [6, 6.07) is 15.7. The molecule has 1 atom stereocenters. The van der Waals surface area contributed by atoms with Crippen LogP contribution in [0, 0.1) is 11.7 Å². The minimum Gasteiger partial charge on any atom is -0.369 e. The van der Waals surface area contributed by atoms with Crippen molar-refractivity contribution in [1.29, 1.82) is 0 Å². The number of fused-ring (bicyclic) bond motifs is 2. The predicted octanol–water partition coefficient (Wildman–Crippen LogP) is 6.16. The molecule has 0 radical (unpaired) electrons. The molecule has 6 rings (SSSR count). The van der Waals surface area contributed by atoms with Crippen molar-refractivity contribution in [3.8, 4) is 11.3 Å². The second-order valence-electron chi connectivity index (χ2n) is 8.76. The molecular formula is C26H22FN3O2. The number of anilines is 3. The first-order valence-electron chi connectivity index (χ1n) is 11.0. The van der Waals surface area contributed by atoms with E-state index in [9.17, 15) is 9.18 Å². The molecule has 0 spiro atoms. The zero-order valence-corrected chi connectivity index (χ0v) is 17.7. The third-order valence-electron chi connectivity index (χ3n) is 6.48. The van der Waals surface area contributed by atoms with Crippen LogP contribution in [0.15, 0.2) is 59.1 Å². The van der Waals surface area contributed by atoms with Gasteiger partial charge in [0.25, 0.3) is 0 Å². The Bertz CT molecular complexity index is 1380. The second kappa shape index (κ2) is 7.19. The van der Waals surface area contributed by atoms with Gasteiger partial charge in [-0.1, -0.05) is 42.4 Å². The first-order chi connectivity index (χ1) is 15.6. The zero-order valence-electron chi connectivity index (χ0n) is 17.7. The number of hydrogen-bond acceptors (Lipinski definition) is 5. The molecule has 1 unspecified atom stereocenters. The molecule has 1 aliphatic carbocycles. The van der Waals surface area contributed by atoms with Crippen LogP contribution >= 0.6 is 0 Å². The van der Waals surface area contributed by atoms with Crippen molar-refractivity contribution in [2.75, 3.05) is 23.3 Å². The highest BCUT2D eigenvalue weighted by Gasteiger charge is 2.34. The summed E-state index contributed by atoms with van der Waals surface area (Å²) in [6.07, 6.45) is 2.30. The van der Waals surface area contributed by atoms with Gasteiger partial charge in [-0.2, -0.15) is 0 Å². The highest BCUT2D eigenvalue weighted by atomic mass is 19.1. The van der Waals surface area contributed by atoms with E-state index < -0.39 is 0 Å². The summed E-state index contributed by atoms with van der Waals surface area (Å²) >= 11 is 0. The van der Waals surface area contributed by atoms with E-state index in [4.69, 9.17) is 4.52 Å². The molecule has 1 aliphatic heterocycles. The summed E-state index contributed by atoms with van der Waals surface area (Å²) in [4.78, 5) is 15.9. The smallest absolute Gasteiger partial charge is 0.196 e. The number of hydrogen-bond donors (Lipinski definition) is 1. The van der Waals surface area contributed by atoms with Crippen molar-refractivity contribution in [2.24, 2.45) is 5.92 Å². The lowest BCUT2D eigenvalue weighted by Gasteiger charge is -2.33. The normalized spacial score (nSPS) is 17.5. The first kappa shape index (κ1) is 19.0. The van der Waals surface area contributed by atoms with Crippen molar-refractivity contribution < 1.29 is 13.7 Å². The van der Waals surface area contributed by atoms with E-state index in [-0.39, 0.29) is 11.6 Å². The topological polar surface area (TPSA) is 58.4 Å². The number of halogens is 1. The van der Waals surface area contributed by atoms with Gasteiger partial charge in [-0.05, 0) is 43.0 Å². The largest absolute Gasteiger partial charge is 0.369 e. The third-order valence-corrected chi connectivity index (χ3v) is 6.48. The molecule has 2 aliphatic rings. The number of benzene rings is 3. The molecule has 0 saturated carbocycles. The molecule has 1 fully saturated rings. The van der Waals surface area contributed by atoms with Gasteiger partial charge in [0, 0.05) is 29.9 Å². The number of carbonyl (C=O) groups excluding carboxylic acids is 1. The first-order valence-corrected chi connectivity index (χ1v) is 11.0. The van der Waals surface area contributed by atoms with Gasteiger partial charge in [0.2, 0.25) is 0 Å². The average Bonchev–Trinajstić information content (AvgIpc) is 3.23. The fraction of sp³-hybridized carbons (Fsp3) is 0.231. The highest BCUT2D eigenvalue weighted by Crippen LogP contribution is 2.46. The Balaban J connectivity index is 1.61. The molecule has 160 valence electrons. The van der Waals surface area contributed by atoms with Crippen LogP contribution in [0.2, 0.25) is 0 Å². The standard InChI is InChI=1S/C26H22FN3O2/c1-15-6-5-11-30(14-15)21-13-20(28-17-8-4-7-16(27)12-17)22-23-24(21)29-32-26(23)19-10-3-2-9-18(19)25(22)31/h2-4,7-10,12-13,15,28H,5-6,11,14H2,1H3. The molecule has 3 aromatic carbocycles. The summed E-state index contributed by atoms with van der Waals surface area (Å²) in [6.45, 7) is 4.09. The summed E-state index contributed by atoms with van der Waals surface area (Å²) in [5.41, 5.74) is 4.73. The summed E-state index contributed by atoms with van der Waals surface area (Å²) in [5, 5.41) is 8.46. The van der Waals surface area contributed by atoms with Crippen LogP contribution in [0.25, 0.3) is 22.2 Å². The molecule has 1 aromatic heterocycles. The van der Waals surface area contributed by atoms with E-state index in [1.807, 2.05) is 24.3 Å². The van der Waals surface area contributed by atoms with Crippen molar-refractivity contribution in [3.63, 3.8) is 0 Å². The van der Waals surface area contributed by atoms with Crippen LogP contribution < -0.4 is 10.2 Å². The molecule has 6 heteroatoms. The molecule has 2 heterocycles. The minimum absolute atomic E-state index is 0.0845. The minimum atomic E-state index is -0.336. The maximum Gasteiger partial charge on any atom is 0.196 e. The van der Waals surface area contributed by atoms with Crippen LogP contribution in [-0.2, 0) is 0 Å². The SMILES string of the molecule is CC1CCCN(c2cc(Nc3cccc(F)c3)c3c4c(onc24)-c2ccccc2C3=O)C1. The maximum absolute atomic E-state index is 13.9. The van der Waals surface area contributed by atoms with E-state index in [0.29, 0.717) is 39.7 Å². The van der Waals surface area contributed by atoms with Crippen LogP contribution in [0.1, 0.15) is 35.7 Å². The fourth-order valence-electron chi connectivity index (χ4n) is 5.01. The van der Waals surface area contributed by atoms with Gasteiger partial charge in [-0.3, -0.25) is 4.79 Å². The molecule has 0 amide bonds. The molecule has 4 aromatic rings. The number of piperidine rings is 1. The number of nitrogens with one attached hydrogen (secondary N) is 1. The maximum atomic E-state index is 13.9. The Morgan fingerprint density at radius 1 is 1.12 bits per heavy atom. The van der Waals surface area contributed by atoms with Crippen molar-refractivity contribution >= 4 is 33.7 Å². The molecule has 1 saturated heterocycles. The zero-order chi connectivity index (χ0) is 21.8. The number of rotatable bonds is 3. The molecule has 32 heavy (non-hydrogen) atoms. The third kappa shape index (κ3) is 2.90. The second-order valence-corrected chi connectivity index (χ2v) is 8.76. The van der Waals surface area contributed by atoms with Gasteiger partial charge in [0.05, 0.1) is 22.3 Å². The van der Waals surface area contributed by atoms with Gasteiger partial charge in [0.1, 0.15) is 11.3 Å². The summed E-state index contributed by atoms with van der Waals surface area (Å²) in [7, 11) is 0. The van der Waals surface area contributed by atoms with E-state index in [1.54, 1.807) is 18.2 Å². The summed E-state index contributed by atoms with van der Waals surface area (Å²) < 4.78 is 19.7.